The molecule has 0 radical (unpaired) electrons. The van der Waals surface area contributed by atoms with E-state index in [0.29, 0.717) is 0 Å². The third-order valence-electron chi connectivity index (χ3n) is 3.09. The van der Waals surface area contributed by atoms with Crippen molar-refractivity contribution in [2.75, 3.05) is 19.4 Å². The number of hydrogen-bond acceptors (Lipinski definition) is 2. The van der Waals surface area contributed by atoms with Crippen LogP contribution >= 0.6 is 5.96 Å². The van der Waals surface area contributed by atoms with Gasteiger partial charge in [0.2, 0.25) is 0 Å². The standard InChI is InChI=1S/C16H27O2PSe/c1-3-5-13-17-19(20,18-14-6-4-2)15-12-16-10-8-7-9-11-16/h7-11H,3-6,12-15H2,1-2H3. The van der Waals surface area contributed by atoms with Crippen molar-refractivity contribution in [3.05, 3.63) is 35.9 Å². The van der Waals surface area contributed by atoms with Crippen LogP contribution < -0.4 is 0 Å². The van der Waals surface area contributed by atoms with Crippen LogP contribution in [0.25, 0.3) is 0 Å². The quantitative estimate of drug-likeness (QED) is 0.320. The van der Waals surface area contributed by atoms with Gasteiger partial charge in [0.05, 0.1) is 0 Å². The number of aryl methyl sites for hydroxylation is 1. The van der Waals surface area contributed by atoms with Gasteiger partial charge in [-0.1, -0.05) is 0 Å². The number of rotatable bonds is 11. The van der Waals surface area contributed by atoms with Gasteiger partial charge in [-0.05, 0) is 0 Å². The van der Waals surface area contributed by atoms with Crippen molar-refractivity contribution in [3.8, 4) is 0 Å². The third-order valence-corrected chi connectivity index (χ3v) is 7.49. The summed E-state index contributed by atoms with van der Waals surface area (Å²) in [5.41, 5.74) is 1.35. The van der Waals surface area contributed by atoms with Crippen molar-refractivity contribution >= 4 is 21.1 Å². The van der Waals surface area contributed by atoms with Crippen molar-refractivity contribution in [1.29, 1.82) is 0 Å². The van der Waals surface area contributed by atoms with Crippen LogP contribution in [0.2, 0.25) is 0 Å². The first kappa shape index (κ1) is 18.1. The van der Waals surface area contributed by atoms with E-state index < -0.39 is 5.96 Å². The third kappa shape index (κ3) is 7.76. The normalized spacial score (nSPS) is 11.7. The van der Waals surface area contributed by atoms with E-state index in [1.54, 1.807) is 0 Å². The van der Waals surface area contributed by atoms with Gasteiger partial charge in [-0.2, -0.15) is 0 Å². The first-order valence-corrected chi connectivity index (χ1v) is 11.6. The summed E-state index contributed by atoms with van der Waals surface area (Å²) in [5.74, 6) is -1.82. The Hall–Kier alpha value is 0.0895. The van der Waals surface area contributed by atoms with E-state index in [1.807, 2.05) is 0 Å². The zero-order chi connectivity index (χ0) is 14.7. The molecule has 0 N–H and O–H groups in total. The molecule has 0 fully saturated rings. The van der Waals surface area contributed by atoms with Gasteiger partial charge in [-0.25, -0.2) is 0 Å². The average Bonchev–Trinajstić information content (AvgIpc) is 2.47. The molecule has 0 saturated heterocycles. The molecule has 0 aliphatic carbocycles. The van der Waals surface area contributed by atoms with E-state index in [-0.39, 0.29) is 0 Å². The molecule has 114 valence electrons. The van der Waals surface area contributed by atoms with Crippen LogP contribution in [0, 0.1) is 0 Å². The van der Waals surface area contributed by atoms with Crippen molar-refractivity contribution in [2.24, 2.45) is 0 Å². The Balaban J connectivity index is 2.49. The molecule has 0 atom stereocenters. The summed E-state index contributed by atoms with van der Waals surface area (Å²) in [5, 5.41) is 0. The van der Waals surface area contributed by atoms with Gasteiger partial charge in [0, 0.05) is 0 Å². The molecule has 1 aromatic rings. The Labute approximate surface area is 131 Å². The van der Waals surface area contributed by atoms with Gasteiger partial charge in [-0.15, -0.1) is 0 Å². The molecule has 2 nitrogen and oxygen atoms in total. The predicted molar refractivity (Wildman–Crippen MR) is 89.4 cm³/mol. The molecule has 0 spiro atoms. The van der Waals surface area contributed by atoms with Crippen LogP contribution in [-0.4, -0.2) is 34.5 Å². The second kappa shape index (κ2) is 10.8. The fourth-order valence-electron chi connectivity index (χ4n) is 1.77. The Morgan fingerprint density at radius 3 is 2.00 bits per heavy atom. The molecule has 0 aliphatic rings. The summed E-state index contributed by atoms with van der Waals surface area (Å²) in [4.78, 5) is 0. The maximum atomic E-state index is 6.07. The van der Waals surface area contributed by atoms with E-state index in [0.717, 1.165) is 51.5 Å². The average molecular weight is 361 g/mol. The second-order valence-corrected chi connectivity index (χ2v) is 10.6. The summed E-state index contributed by atoms with van der Waals surface area (Å²) < 4.78 is 12.1. The second-order valence-electron chi connectivity index (χ2n) is 4.94. The van der Waals surface area contributed by atoms with Crippen LogP contribution in [-0.2, 0) is 15.5 Å². The summed E-state index contributed by atoms with van der Waals surface area (Å²) >= 11 is 3.25. The van der Waals surface area contributed by atoms with Gasteiger partial charge < -0.3 is 0 Å². The summed E-state index contributed by atoms with van der Waals surface area (Å²) in [7, 11) is 0. The van der Waals surface area contributed by atoms with Gasteiger partial charge in [0.15, 0.2) is 0 Å². The van der Waals surface area contributed by atoms with E-state index in [2.05, 4.69) is 59.3 Å². The minimum absolute atomic E-state index is 0.804. The van der Waals surface area contributed by atoms with E-state index >= 15 is 0 Å². The molecule has 0 bridgehead atoms. The summed E-state index contributed by atoms with van der Waals surface area (Å²) in [6.45, 7) is 5.98. The fraction of sp³-hybridized carbons (Fsp3) is 0.625. The SMILES string of the molecule is CCCCOP(=[Se])(CCc1ccccc1)OCCCC. The Bertz CT molecular complexity index is 381. The number of unbranched alkanes of at least 4 members (excludes halogenated alkanes) is 2. The zero-order valence-electron chi connectivity index (χ0n) is 12.7. The molecular weight excluding hydrogens is 334 g/mol. The topological polar surface area (TPSA) is 18.5 Å². The van der Waals surface area contributed by atoms with Crippen LogP contribution in [0.5, 0.6) is 0 Å². The van der Waals surface area contributed by atoms with E-state index in [9.17, 15) is 0 Å². The number of benzene rings is 1. The molecule has 0 amide bonds. The first-order chi connectivity index (χ1) is 9.70. The molecule has 0 aromatic heterocycles. The minimum atomic E-state index is -1.82. The molecule has 20 heavy (non-hydrogen) atoms. The fourth-order valence-corrected chi connectivity index (χ4v) is 4.97. The molecular formula is C16H27O2PSe. The van der Waals surface area contributed by atoms with Gasteiger partial charge in [0.25, 0.3) is 0 Å². The van der Waals surface area contributed by atoms with Crippen molar-refractivity contribution in [2.45, 2.75) is 46.0 Å². The summed E-state index contributed by atoms with van der Waals surface area (Å²) in [6, 6.07) is 10.6. The van der Waals surface area contributed by atoms with Gasteiger partial charge in [-0.3, -0.25) is 0 Å². The molecule has 1 aromatic carbocycles. The molecule has 0 saturated carbocycles. The Morgan fingerprint density at radius 1 is 0.950 bits per heavy atom. The maximum absolute atomic E-state index is 6.07. The monoisotopic (exact) mass is 362 g/mol. The summed E-state index contributed by atoms with van der Waals surface area (Å²) in [6.07, 6.45) is 6.50. The Morgan fingerprint density at radius 2 is 1.50 bits per heavy atom. The molecule has 0 aliphatic heterocycles. The first-order valence-electron chi connectivity index (χ1n) is 7.62. The van der Waals surface area contributed by atoms with Crippen LogP contribution in [0.4, 0.5) is 0 Å². The molecule has 1 rings (SSSR count). The van der Waals surface area contributed by atoms with Crippen LogP contribution in [0.1, 0.15) is 45.1 Å². The van der Waals surface area contributed by atoms with Gasteiger partial charge >= 0.3 is 131 Å². The van der Waals surface area contributed by atoms with Crippen molar-refractivity contribution in [1.82, 2.24) is 0 Å². The molecule has 0 unspecified atom stereocenters. The number of hydrogen-bond donors (Lipinski definition) is 0. The van der Waals surface area contributed by atoms with E-state index in [1.165, 1.54) is 5.56 Å². The zero-order valence-corrected chi connectivity index (χ0v) is 15.3. The van der Waals surface area contributed by atoms with Crippen LogP contribution in [0.3, 0.4) is 0 Å². The van der Waals surface area contributed by atoms with Gasteiger partial charge in [0.1, 0.15) is 0 Å². The Kier molecular flexibility index (Phi) is 9.76. The van der Waals surface area contributed by atoms with Crippen LogP contribution in [0.15, 0.2) is 30.3 Å². The van der Waals surface area contributed by atoms with Crippen molar-refractivity contribution < 1.29 is 9.05 Å². The predicted octanol–water partition coefficient (Wildman–Crippen LogP) is 4.79. The van der Waals surface area contributed by atoms with Crippen molar-refractivity contribution in [3.63, 3.8) is 0 Å². The van der Waals surface area contributed by atoms with E-state index in [4.69, 9.17) is 9.05 Å². The molecule has 0 heterocycles. The molecule has 4 heteroatoms.